The Kier molecular flexibility index (Phi) is 3.23. The van der Waals surface area contributed by atoms with Crippen molar-refractivity contribution in [3.05, 3.63) is 51.7 Å². The van der Waals surface area contributed by atoms with E-state index in [-0.39, 0.29) is 5.56 Å². The van der Waals surface area contributed by atoms with Gasteiger partial charge in [-0.2, -0.15) is 0 Å². The smallest absolute Gasteiger partial charge is 0.265 e. The van der Waals surface area contributed by atoms with E-state index in [0.717, 1.165) is 12.1 Å². The summed E-state index contributed by atoms with van der Waals surface area (Å²) in [6, 6.07) is 5.25. The molecular weight excluding hydrogens is 278 g/mol. The number of nitrogens with zero attached hydrogens (tertiary/aromatic N) is 2. The first-order valence-corrected chi connectivity index (χ1v) is 6.72. The van der Waals surface area contributed by atoms with Gasteiger partial charge in [-0.1, -0.05) is 24.2 Å². The summed E-state index contributed by atoms with van der Waals surface area (Å²) in [5.74, 6) is 0.601. The van der Waals surface area contributed by atoms with E-state index in [1.807, 2.05) is 0 Å². The molecule has 6 heteroatoms. The Bertz CT molecular complexity index is 744. The minimum absolute atomic E-state index is 0.183. The highest BCUT2D eigenvalue weighted by atomic mass is 35.5. The van der Waals surface area contributed by atoms with E-state index in [0.29, 0.717) is 28.2 Å². The van der Waals surface area contributed by atoms with Crippen molar-refractivity contribution >= 4 is 22.5 Å². The average molecular weight is 292 g/mol. The minimum atomic E-state index is -0.402. The standard InChI is InChI=1S/C14H14ClN3O2/c1-8-6-7-12(20-17-8)18-9(2)16-11-5-3-4-10(15)13(11)14(18)19/h3-5,12,17H,1,6-7H2,2H3. The maximum Gasteiger partial charge on any atom is 0.265 e. The quantitative estimate of drug-likeness (QED) is 0.878. The number of aromatic nitrogens is 2. The molecule has 1 aliphatic heterocycles. The van der Waals surface area contributed by atoms with Gasteiger partial charge in [0.2, 0.25) is 0 Å². The number of rotatable bonds is 1. The lowest BCUT2D eigenvalue weighted by Gasteiger charge is -2.27. The summed E-state index contributed by atoms with van der Waals surface area (Å²) >= 11 is 6.12. The number of hydrogen-bond acceptors (Lipinski definition) is 4. The Morgan fingerprint density at radius 2 is 2.35 bits per heavy atom. The minimum Gasteiger partial charge on any atom is -0.269 e. The lowest BCUT2D eigenvalue weighted by atomic mass is 10.2. The molecule has 1 aromatic heterocycles. The maximum absolute atomic E-state index is 12.7. The average Bonchev–Trinajstić information content (AvgIpc) is 2.40. The second kappa shape index (κ2) is 4.92. The molecule has 1 saturated heterocycles. The van der Waals surface area contributed by atoms with Crippen LogP contribution in [0.5, 0.6) is 0 Å². The van der Waals surface area contributed by atoms with Gasteiger partial charge in [-0.05, 0) is 25.5 Å². The number of hydroxylamine groups is 1. The largest absolute Gasteiger partial charge is 0.269 e. The topological polar surface area (TPSA) is 56.2 Å². The summed E-state index contributed by atoms with van der Waals surface area (Å²) in [6.07, 6.45) is 1.02. The summed E-state index contributed by atoms with van der Waals surface area (Å²) in [5, 5.41) is 0.828. The number of allylic oxidation sites excluding steroid dienone is 1. The van der Waals surface area contributed by atoms with E-state index >= 15 is 0 Å². The second-order valence-corrected chi connectivity index (χ2v) is 5.19. The molecule has 3 rings (SSSR count). The van der Waals surface area contributed by atoms with Crippen LogP contribution in [0.15, 0.2) is 35.3 Å². The molecule has 1 aromatic carbocycles. The van der Waals surface area contributed by atoms with Crippen LogP contribution in [0.2, 0.25) is 5.02 Å². The lowest BCUT2D eigenvalue weighted by molar-refractivity contribution is -0.0800. The molecule has 0 radical (unpaired) electrons. The number of halogens is 1. The van der Waals surface area contributed by atoms with Crippen LogP contribution in [0.3, 0.4) is 0 Å². The van der Waals surface area contributed by atoms with Gasteiger partial charge < -0.3 is 0 Å². The zero-order valence-electron chi connectivity index (χ0n) is 11.0. The fourth-order valence-electron chi connectivity index (χ4n) is 2.39. The number of benzene rings is 1. The van der Waals surface area contributed by atoms with Crippen molar-refractivity contribution in [3.8, 4) is 0 Å². The zero-order chi connectivity index (χ0) is 14.3. The van der Waals surface area contributed by atoms with Crippen LogP contribution in [-0.4, -0.2) is 9.55 Å². The second-order valence-electron chi connectivity index (χ2n) is 4.78. The molecule has 104 valence electrons. The van der Waals surface area contributed by atoms with Gasteiger partial charge in [0.1, 0.15) is 5.82 Å². The molecule has 0 bridgehead atoms. The van der Waals surface area contributed by atoms with Gasteiger partial charge in [-0.3, -0.25) is 19.7 Å². The predicted molar refractivity (Wildman–Crippen MR) is 77.4 cm³/mol. The fourth-order valence-corrected chi connectivity index (χ4v) is 2.64. The third-order valence-electron chi connectivity index (χ3n) is 3.38. The maximum atomic E-state index is 12.7. The Balaban J connectivity index is 2.18. The Labute approximate surface area is 120 Å². The first-order valence-electron chi connectivity index (χ1n) is 6.34. The van der Waals surface area contributed by atoms with Crippen molar-refractivity contribution in [2.45, 2.75) is 26.0 Å². The Hall–Kier alpha value is -1.85. The van der Waals surface area contributed by atoms with Gasteiger partial charge >= 0.3 is 0 Å². The van der Waals surface area contributed by atoms with Crippen LogP contribution >= 0.6 is 11.6 Å². The third-order valence-corrected chi connectivity index (χ3v) is 3.69. The van der Waals surface area contributed by atoms with E-state index in [9.17, 15) is 4.79 Å². The highest BCUT2D eigenvalue weighted by Gasteiger charge is 2.22. The van der Waals surface area contributed by atoms with Crippen molar-refractivity contribution in [3.63, 3.8) is 0 Å². The first-order chi connectivity index (χ1) is 9.58. The van der Waals surface area contributed by atoms with Crippen molar-refractivity contribution in [1.82, 2.24) is 15.0 Å². The summed E-state index contributed by atoms with van der Waals surface area (Å²) in [4.78, 5) is 22.6. The molecule has 1 N–H and O–H groups in total. The first kappa shape index (κ1) is 13.1. The van der Waals surface area contributed by atoms with Crippen LogP contribution in [0.25, 0.3) is 10.9 Å². The molecule has 0 aliphatic carbocycles. The van der Waals surface area contributed by atoms with Crippen molar-refractivity contribution in [2.75, 3.05) is 0 Å². The van der Waals surface area contributed by atoms with Gasteiger partial charge in [-0.25, -0.2) is 4.98 Å². The Morgan fingerprint density at radius 3 is 3.05 bits per heavy atom. The van der Waals surface area contributed by atoms with Crippen molar-refractivity contribution < 1.29 is 4.84 Å². The number of fused-ring (bicyclic) bond motifs is 1. The molecule has 0 amide bonds. The van der Waals surface area contributed by atoms with E-state index < -0.39 is 6.23 Å². The summed E-state index contributed by atoms with van der Waals surface area (Å²) in [5.41, 5.74) is 3.96. The van der Waals surface area contributed by atoms with E-state index in [2.05, 4.69) is 17.0 Å². The SMILES string of the molecule is C=C1CCC(n2c(C)nc3cccc(Cl)c3c2=O)ON1. The van der Waals surface area contributed by atoms with E-state index in [4.69, 9.17) is 16.4 Å². The van der Waals surface area contributed by atoms with Crippen LogP contribution in [0, 0.1) is 6.92 Å². The van der Waals surface area contributed by atoms with Crippen molar-refractivity contribution in [2.24, 2.45) is 0 Å². The van der Waals surface area contributed by atoms with Gasteiger partial charge in [0.05, 0.1) is 15.9 Å². The fraction of sp³-hybridized carbons (Fsp3) is 0.286. The lowest BCUT2D eigenvalue weighted by Crippen LogP contribution is -2.35. The van der Waals surface area contributed by atoms with Crippen LogP contribution in [0.1, 0.15) is 24.9 Å². The molecule has 1 atom stereocenters. The molecule has 2 heterocycles. The molecule has 0 saturated carbocycles. The van der Waals surface area contributed by atoms with Crippen LogP contribution in [-0.2, 0) is 4.84 Å². The van der Waals surface area contributed by atoms with Gasteiger partial charge in [-0.15, -0.1) is 0 Å². The molecule has 1 aliphatic rings. The van der Waals surface area contributed by atoms with E-state index in [1.54, 1.807) is 25.1 Å². The summed E-state index contributed by atoms with van der Waals surface area (Å²) < 4.78 is 1.54. The number of nitrogens with one attached hydrogen (secondary N) is 1. The number of hydrogen-bond donors (Lipinski definition) is 1. The van der Waals surface area contributed by atoms with Gasteiger partial charge in [0.25, 0.3) is 5.56 Å². The van der Waals surface area contributed by atoms with Gasteiger partial charge in [0.15, 0.2) is 6.23 Å². The third kappa shape index (κ3) is 2.09. The highest BCUT2D eigenvalue weighted by molar-refractivity contribution is 6.35. The molecule has 0 spiro atoms. The van der Waals surface area contributed by atoms with Gasteiger partial charge in [0, 0.05) is 12.1 Å². The number of aryl methyl sites for hydroxylation is 1. The normalized spacial score (nSPS) is 19.1. The molecule has 1 unspecified atom stereocenters. The van der Waals surface area contributed by atoms with Crippen molar-refractivity contribution in [1.29, 1.82) is 0 Å². The molecule has 20 heavy (non-hydrogen) atoms. The molecule has 1 fully saturated rings. The van der Waals surface area contributed by atoms with Crippen LogP contribution < -0.4 is 11.0 Å². The zero-order valence-corrected chi connectivity index (χ0v) is 11.8. The Morgan fingerprint density at radius 1 is 1.55 bits per heavy atom. The molecule has 5 nitrogen and oxygen atoms in total. The molecule has 2 aromatic rings. The van der Waals surface area contributed by atoms with Crippen LogP contribution in [0.4, 0.5) is 0 Å². The summed E-state index contributed by atoms with van der Waals surface area (Å²) in [6.45, 7) is 5.58. The van der Waals surface area contributed by atoms with E-state index in [1.165, 1.54) is 4.57 Å². The highest BCUT2D eigenvalue weighted by Crippen LogP contribution is 2.24. The predicted octanol–water partition coefficient (Wildman–Crippen LogP) is 2.69. The monoisotopic (exact) mass is 291 g/mol. The summed E-state index contributed by atoms with van der Waals surface area (Å²) in [7, 11) is 0. The molecular formula is C14H14ClN3O2.